The highest BCUT2D eigenvalue weighted by Gasteiger charge is 2.46. The molecule has 0 unspecified atom stereocenters. The van der Waals surface area contributed by atoms with Crippen LogP contribution in [0.25, 0.3) is 99.8 Å². The average Bonchev–Trinajstić information content (AvgIpc) is 0.773. The summed E-state index contributed by atoms with van der Waals surface area (Å²) in [6, 6.07) is 107. The second-order valence-corrected chi connectivity index (χ2v) is 33.8. The highest BCUT2D eigenvalue weighted by atomic mass is 16.3. The SMILES string of the molecule is CC(C)(C)c1cc(-c2ccc3c(c2)N(c2c(-c4ccccc4)cccc2-c2ccccc2)c2cc(-c4cc(-c5cc(C(C)(C)C)cc(C(C)(C)C)c5)c5oc6ccccc6c5c4)cc4c2B3c2ccc(C(C)(C)C)cc2N4c2c(-c3ccccc3)cccc2-c2ccccc2)cc(C(C)(C)C)c1. The lowest BCUT2D eigenvalue weighted by Gasteiger charge is -2.46. The maximum absolute atomic E-state index is 7.21. The van der Waals surface area contributed by atoms with E-state index in [-0.39, 0.29) is 33.8 Å². The van der Waals surface area contributed by atoms with Gasteiger partial charge in [-0.2, -0.15) is 0 Å². The average molecular weight is 1320 g/mol. The minimum atomic E-state index is -0.212. The monoisotopic (exact) mass is 1320 g/mol. The molecule has 1 aromatic heterocycles. The molecule has 14 aromatic rings. The van der Waals surface area contributed by atoms with E-state index in [0.29, 0.717) is 0 Å². The summed E-state index contributed by atoms with van der Waals surface area (Å²) in [7, 11) is 0. The van der Waals surface area contributed by atoms with Gasteiger partial charge in [0.15, 0.2) is 0 Å². The molecule has 0 saturated heterocycles. The highest BCUT2D eigenvalue weighted by molar-refractivity contribution is 7.00. The Labute approximate surface area is 605 Å². The fourth-order valence-corrected chi connectivity index (χ4v) is 15.8. The van der Waals surface area contributed by atoms with Gasteiger partial charge in [-0.1, -0.05) is 340 Å². The molecule has 0 aliphatic carbocycles. The summed E-state index contributed by atoms with van der Waals surface area (Å²) in [5.74, 6) is 0. The van der Waals surface area contributed by atoms with E-state index in [2.05, 4.69) is 393 Å². The van der Waals surface area contributed by atoms with Gasteiger partial charge in [-0.3, -0.25) is 0 Å². The van der Waals surface area contributed by atoms with Crippen molar-refractivity contribution < 1.29 is 4.42 Å². The summed E-state index contributed by atoms with van der Waals surface area (Å²) >= 11 is 0. The number of rotatable bonds is 9. The van der Waals surface area contributed by atoms with Crippen molar-refractivity contribution >= 4 is 79.2 Å². The van der Waals surface area contributed by atoms with E-state index in [1.807, 2.05) is 0 Å². The van der Waals surface area contributed by atoms with Gasteiger partial charge in [-0.15, -0.1) is 0 Å². The van der Waals surface area contributed by atoms with Crippen LogP contribution < -0.4 is 26.2 Å². The molecule has 3 heterocycles. The van der Waals surface area contributed by atoms with Crippen LogP contribution in [-0.2, 0) is 27.1 Å². The molecule has 0 radical (unpaired) electrons. The zero-order valence-corrected chi connectivity index (χ0v) is 61.9. The van der Waals surface area contributed by atoms with E-state index in [1.54, 1.807) is 0 Å². The molecule has 0 atom stereocenters. The summed E-state index contributed by atoms with van der Waals surface area (Å²) in [5.41, 5.74) is 34.1. The third kappa shape index (κ3) is 11.7. The van der Waals surface area contributed by atoms with E-state index >= 15 is 0 Å². The van der Waals surface area contributed by atoms with Gasteiger partial charge >= 0.3 is 0 Å². The predicted molar refractivity (Wildman–Crippen MR) is 439 cm³/mol. The van der Waals surface area contributed by atoms with Crippen molar-refractivity contribution in [1.82, 2.24) is 0 Å². The molecule has 0 spiro atoms. The number of para-hydroxylation sites is 3. The topological polar surface area (TPSA) is 19.6 Å². The lowest BCUT2D eigenvalue weighted by Crippen LogP contribution is -2.61. The van der Waals surface area contributed by atoms with Crippen molar-refractivity contribution in [1.29, 1.82) is 0 Å². The van der Waals surface area contributed by atoms with Gasteiger partial charge in [0.1, 0.15) is 11.2 Å². The van der Waals surface area contributed by atoms with Crippen LogP contribution in [0.15, 0.2) is 283 Å². The third-order valence-corrected chi connectivity index (χ3v) is 21.6. The molecule has 2 aliphatic heterocycles. The zero-order chi connectivity index (χ0) is 70.9. The van der Waals surface area contributed by atoms with Crippen molar-refractivity contribution in [2.45, 2.75) is 131 Å². The van der Waals surface area contributed by atoms with Gasteiger partial charge in [0, 0.05) is 61.3 Å². The number of anilines is 6. The summed E-state index contributed by atoms with van der Waals surface area (Å²) in [6.45, 7) is 35.0. The number of nitrogens with zero attached hydrogens (tertiary/aromatic N) is 2. The second kappa shape index (κ2) is 24.6. The third-order valence-electron chi connectivity index (χ3n) is 21.6. The highest BCUT2D eigenvalue weighted by Crippen LogP contribution is 2.55. The number of fused-ring (bicyclic) bond motifs is 7. The maximum atomic E-state index is 7.21. The van der Waals surface area contributed by atoms with Crippen LogP contribution in [0.2, 0.25) is 0 Å². The molecule has 0 N–H and O–H groups in total. The Morgan fingerprint density at radius 2 is 0.608 bits per heavy atom. The molecule has 0 amide bonds. The molecule has 102 heavy (non-hydrogen) atoms. The van der Waals surface area contributed by atoms with Gasteiger partial charge in [0.2, 0.25) is 0 Å². The number of benzene rings is 13. The van der Waals surface area contributed by atoms with Gasteiger partial charge in [-0.05, 0) is 164 Å². The number of furan rings is 1. The Morgan fingerprint density at radius 3 is 1.04 bits per heavy atom. The number of hydrogen-bond acceptors (Lipinski definition) is 3. The first-order valence-electron chi connectivity index (χ1n) is 36.6. The van der Waals surface area contributed by atoms with Crippen molar-refractivity contribution in [2.24, 2.45) is 0 Å². The van der Waals surface area contributed by atoms with E-state index in [9.17, 15) is 0 Å². The lowest BCUT2D eigenvalue weighted by molar-refractivity contribution is 0.568. The molecule has 3 nitrogen and oxygen atoms in total. The molecule has 0 saturated carbocycles. The van der Waals surface area contributed by atoms with E-state index in [1.165, 1.54) is 61.0 Å². The Balaban J connectivity index is 1.11. The minimum Gasteiger partial charge on any atom is -0.455 e. The fraction of sp³-hybridized carbons (Fsp3) is 0.204. The Bertz CT molecular complexity index is 5410. The van der Waals surface area contributed by atoms with Crippen LogP contribution in [-0.4, -0.2) is 6.71 Å². The standard InChI is InChI=1S/C98H91BN2O/c1-94(2,3)71-47-49-84-86(61-71)101(92-78(64-36-24-18-25-37-64)43-31-44-79(92)65-38-26-19-27-39-65)88-58-69(68-54-81(93-82(55-68)80-40-28-29-45-89(80)102-93)70-52-74(97(10,11)12)60-75(53-70)98(13,14)15)57-87-90(88)99(84)83-48-46-66(67-50-72(95(4,5)6)59-73(51-67)96(7,8)9)56-85(83)100(87)91-76(62-32-20-16-21-33-62)41-30-42-77(91)63-34-22-17-23-35-63/h16-61H,1-15H3. The Hall–Kier alpha value is -10.7. The summed E-state index contributed by atoms with van der Waals surface area (Å²) in [4.78, 5) is 5.41. The first kappa shape index (κ1) is 65.9. The normalized spacial score (nSPS) is 13.2. The molecule has 0 bridgehead atoms. The smallest absolute Gasteiger partial charge is 0.252 e. The summed E-state index contributed by atoms with van der Waals surface area (Å²) in [5, 5.41) is 2.17. The largest absolute Gasteiger partial charge is 0.455 e. The van der Waals surface area contributed by atoms with Crippen LogP contribution >= 0.6 is 0 Å². The van der Waals surface area contributed by atoms with Gasteiger partial charge in [0.25, 0.3) is 6.71 Å². The molecule has 0 fully saturated rings. The summed E-state index contributed by atoms with van der Waals surface area (Å²) in [6.07, 6.45) is 0. The lowest BCUT2D eigenvalue weighted by atomic mass is 9.33. The van der Waals surface area contributed by atoms with E-state index in [4.69, 9.17) is 4.42 Å². The zero-order valence-electron chi connectivity index (χ0n) is 61.9. The van der Waals surface area contributed by atoms with Crippen LogP contribution in [0.4, 0.5) is 34.1 Å². The molecular formula is C98H91BN2O. The van der Waals surface area contributed by atoms with Gasteiger partial charge in [-0.25, -0.2) is 0 Å². The summed E-state index contributed by atoms with van der Waals surface area (Å²) < 4.78 is 7.21. The van der Waals surface area contributed by atoms with Crippen LogP contribution in [0.3, 0.4) is 0 Å². The minimum absolute atomic E-state index is 0.0970. The Kier molecular flexibility index (Phi) is 15.9. The van der Waals surface area contributed by atoms with E-state index < -0.39 is 0 Å². The van der Waals surface area contributed by atoms with E-state index in [0.717, 1.165) is 117 Å². The molecule has 13 aromatic carbocycles. The maximum Gasteiger partial charge on any atom is 0.252 e. The molecule has 16 rings (SSSR count). The van der Waals surface area contributed by atoms with Crippen LogP contribution in [0, 0.1) is 0 Å². The Morgan fingerprint density at radius 1 is 0.245 bits per heavy atom. The van der Waals surface area contributed by atoms with Gasteiger partial charge < -0.3 is 14.2 Å². The molecule has 2 aliphatic rings. The van der Waals surface area contributed by atoms with Gasteiger partial charge in [0.05, 0.1) is 11.4 Å². The van der Waals surface area contributed by atoms with Crippen molar-refractivity contribution in [3.05, 3.63) is 307 Å². The van der Waals surface area contributed by atoms with Crippen molar-refractivity contribution in [3.8, 4) is 77.9 Å². The number of hydrogen-bond donors (Lipinski definition) is 0. The molecule has 502 valence electrons. The molecular weight excluding hydrogens is 1230 g/mol. The first-order chi connectivity index (χ1) is 48.7. The first-order valence-corrected chi connectivity index (χ1v) is 36.6. The van der Waals surface area contributed by atoms with Crippen molar-refractivity contribution in [3.63, 3.8) is 0 Å². The second-order valence-electron chi connectivity index (χ2n) is 33.8. The predicted octanol–water partition coefficient (Wildman–Crippen LogP) is 25.8. The van der Waals surface area contributed by atoms with Crippen molar-refractivity contribution in [2.75, 3.05) is 9.80 Å². The fourth-order valence-electron chi connectivity index (χ4n) is 15.8. The van der Waals surface area contributed by atoms with Crippen LogP contribution in [0.5, 0.6) is 0 Å². The molecule has 4 heteroatoms. The quantitative estimate of drug-likeness (QED) is 0.134. The van der Waals surface area contributed by atoms with Crippen LogP contribution in [0.1, 0.15) is 132 Å².